The van der Waals surface area contributed by atoms with Crippen molar-refractivity contribution >= 4 is 17.5 Å². The van der Waals surface area contributed by atoms with Gasteiger partial charge in [-0.3, -0.25) is 14.5 Å². The molecule has 33 heavy (non-hydrogen) atoms. The predicted octanol–water partition coefficient (Wildman–Crippen LogP) is 1.29. The van der Waals surface area contributed by atoms with Crippen LogP contribution in [0.3, 0.4) is 0 Å². The third kappa shape index (κ3) is 4.59. The average molecular weight is 451 g/mol. The Balaban J connectivity index is 1.16. The van der Waals surface area contributed by atoms with Crippen LogP contribution in [-0.2, 0) is 17.8 Å². The molecular formula is C25H30N4O4. The number of fused-ring (bicyclic) bond motifs is 2. The van der Waals surface area contributed by atoms with E-state index in [0.29, 0.717) is 36.4 Å². The highest BCUT2D eigenvalue weighted by Crippen LogP contribution is 2.38. The van der Waals surface area contributed by atoms with Gasteiger partial charge in [-0.15, -0.1) is 0 Å². The fraction of sp³-hybridized carbons (Fsp3) is 0.440. The summed E-state index contributed by atoms with van der Waals surface area (Å²) in [7, 11) is 0. The second-order valence-electron chi connectivity index (χ2n) is 9.13. The van der Waals surface area contributed by atoms with Gasteiger partial charge in [-0.2, -0.15) is 0 Å². The Morgan fingerprint density at radius 3 is 2.79 bits per heavy atom. The Morgan fingerprint density at radius 2 is 1.97 bits per heavy atom. The maximum atomic E-state index is 12.7. The molecule has 1 saturated heterocycles. The first-order chi connectivity index (χ1) is 16.0. The highest BCUT2D eigenvalue weighted by atomic mass is 16.5. The van der Waals surface area contributed by atoms with Crippen LogP contribution in [0, 0.1) is 0 Å². The Hall–Kier alpha value is -2.94. The molecule has 3 heterocycles. The van der Waals surface area contributed by atoms with Crippen molar-refractivity contribution < 1.29 is 19.4 Å². The molecule has 0 bridgehead atoms. The Labute approximate surface area is 193 Å². The molecule has 0 radical (unpaired) electrons. The number of hydrogen-bond acceptors (Lipinski definition) is 6. The van der Waals surface area contributed by atoms with Crippen LogP contribution in [0.25, 0.3) is 0 Å². The third-order valence-electron chi connectivity index (χ3n) is 6.80. The molecule has 3 aliphatic heterocycles. The van der Waals surface area contributed by atoms with Gasteiger partial charge < -0.3 is 25.8 Å². The van der Waals surface area contributed by atoms with Crippen molar-refractivity contribution in [3.05, 3.63) is 59.2 Å². The molecule has 8 nitrogen and oxygen atoms in total. The SMILES string of the molecule is O=C(NCC(O)CN1CCc2ccccc2C1)c1ccc2c(c1)NC(=O)C1(CCNCC1)O2. The van der Waals surface area contributed by atoms with E-state index in [1.165, 1.54) is 11.1 Å². The number of anilines is 1. The van der Waals surface area contributed by atoms with Gasteiger partial charge in [-0.25, -0.2) is 0 Å². The van der Waals surface area contributed by atoms with E-state index in [1.807, 2.05) is 6.07 Å². The lowest BCUT2D eigenvalue weighted by Gasteiger charge is -2.40. The summed E-state index contributed by atoms with van der Waals surface area (Å²) in [6, 6.07) is 13.4. The van der Waals surface area contributed by atoms with Gasteiger partial charge in [0.1, 0.15) is 5.75 Å². The van der Waals surface area contributed by atoms with Gasteiger partial charge in [0.2, 0.25) is 0 Å². The van der Waals surface area contributed by atoms with Gasteiger partial charge >= 0.3 is 0 Å². The minimum Gasteiger partial charge on any atom is -0.475 e. The van der Waals surface area contributed by atoms with Crippen LogP contribution in [0.5, 0.6) is 5.75 Å². The number of benzene rings is 2. The summed E-state index contributed by atoms with van der Waals surface area (Å²) < 4.78 is 6.09. The largest absolute Gasteiger partial charge is 0.475 e. The summed E-state index contributed by atoms with van der Waals surface area (Å²) >= 11 is 0. The molecule has 0 aliphatic carbocycles. The molecule has 8 heteroatoms. The van der Waals surface area contributed by atoms with Gasteiger partial charge in [0, 0.05) is 44.6 Å². The molecule has 2 aromatic rings. The summed E-state index contributed by atoms with van der Waals surface area (Å²) in [5.74, 6) is 0.128. The van der Waals surface area contributed by atoms with E-state index < -0.39 is 11.7 Å². The molecule has 2 aromatic carbocycles. The first kappa shape index (κ1) is 21.9. The van der Waals surface area contributed by atoms with Crippen LogP contribution in [0.15, 0.2) is 42.5 Å². The van der Waals surface area contributed by atoms with Crippen molar-refractivity contribution in [1.29, 1.82) is 0 Å². The summed E-state index contributed by atoms with van der Waals surface area (Å²) in [6.07, 6.45) is 1.53. The second kappa shape index (κ2) is 9.13. The number of hydrogen-bond donors (Lipinski definition) is 4. The monoisotopic (exact) mass is 450 g/mol. The normalized spacial score (nSPS) is 20.2. The predicted molar refractivity (Wildman–Crippen MR) is 124 cm³/mol. The van der Waals surface area contributed by atoms with Gasteiger partial charge in [-0.1, -0.05) is 24.3 Å². The molecule has 1 spiro atoms. The number of rotatable bonds is 5. The number of carbonyl (C=O) groups excluding carboxylic acids is 2. The van der Waals surface area contributed by atoms with Crippen LogP contribution in [-0.4, -0.2) is 66.2 Å². The molecule has 0 aromatic heterocycles. The highest BCUT2D eigenvalue weighted by Gasteiger charge is 2.45. The van der Waals surface area contributed by atoms with E-state index >= 15 is 0 Å². The van der Waals surface area contributed by atoms with E-state index in [-0.39, 0.29) is 18.4 Å². The number of aliphatic hydroxyl groups excluding tert-OH is 1. The molecule has 1 atom stereocenters. The molecule has 174 valence electrons. The molecule has 1 unspecified atom stereocenters. The fourth-order valence-electron chi connectivity index (χ4n) is 4.90. The van der Waals surface area contributed by atoms with Crippen LogP contribution in [0.2, 0.25) is 0 Å². The zero-order valence-electron chi connectivity index (χ0n) is 18.6. The zero-order chi connectivity index (χ0) is 22.8. The average Bonchev–Trinajstić information content (AvgIpc) is 2.83. The van der Waals surface area contributed by atoms with Crippen molar-refractivity contribution in [3.8, 4) is 5.75 Å². The maximum absolute atomic E-state index is 12.7. The summed E-state index contributed by atoms with van der Waals surface area (Å²) in [4.78, 5) is 27.6. The topological polar surface area (TPSA) is 103 Å². The van der Waals surface area contributed by atoms with Gasteiger partial charge in [-0.05, 0) is 48.8 Å². The van der Waals surface area contributed by atoms with Crippen LogP contribution < -0.4 is 20.7 Å². The van der Waals surface area contributed by atoms with Crippen molar-refractivity contribution in [2.24, 2.45) is 0 Å². The van der Waals surface area contributed by atoms with Crippen molar-refractivity contribution in [3.63, 3.8) is 0 Å². The molecule has 1 fully saturated rings. The quantitative estimate of drug-likeness (QED) is 0.548. The minimum absolute atomic E-state index is 0.160. The van der Waals surface area contributed by atoms with E-state index in [9.17, 15) is 14.7 Å². The maximum Gasteiger partial charge on any atom is 0.268 e. The first-order valence-electron chi connectivity index (χ1n) is 11.6. The highest BCUT2D eigenvalue weighted by molar-refractivity contribution is 6.03. The number of aliphatic hydroxyl groups is 1. The lowest BCUT2D eigenvalue weighted by atomic mass is 9.89. The van der Waals surface area contributed by atoms with Crippen molar-refractivity contribution in [2.45, 2.75) is 37.5 Å². The third-order valence-corrected chi connectivity index (χ3v) is 6.80. The van der Waals surface area contributed by atoms with E-state index in [4.69, 9.17) is 4.74 Å². The fourth-order valence-corrected chi connectivity index (χ4v) is 4.90. The molecule has 5 rings (SSSR count). The molecule has 0 saturated carbocycles. The smallest absolute Gasteiger partial charge is 0.268 e. The van der Waals surface area contributed by atoms with Gasteiger partial charge in [0.05, 0.1) is 11.8 Å². The number of nitrogens with zero attached hydrogens (tertiary/aromatic N) is 1. The minimum atomic E-state index is -0.832. The number of carbonyl (C=O) groups is 2. The lowest BCUT2D eigenvalue weighted by molar-refractivity contribution is -0.134. The number of nitrogens with one attached hydrogen (secondary N) is 3. The second-order valence-corrected chi connectivity index (χ2v) is 9.13. The van der Waals surface area contributed by atoms with Crippen LogP contribution in [0.1, 0.15) is 34.3 Å². The van der Waals surface area contributed by atoms with E-state index in [0.717, 1.165) is 32.6 Å². The summed E-state index contributed by atoms with van der Waals surface area (Å²) in [5, 5.41) is 19.4. The Morgan fingerprint density at radius 1 is 1.18 bits per heavy atom. The summed E-state index contributed by atoms with van der Waals surface area (Å²) in [6.45, 7) is 3.82. The van der Waals surface area contributed by atoms with E-state index in [2.05, 4.69) is 39.0 Å². The van der Waals surface area contributed by atoms with E-state index in [1.54, 1.807) is 18.2 Å². The van der Waals surface area contributed by atoms with Crippen LogP contribution >= 0.6 is 0 Å². The molecule has 3 aliphatic rings. The van der Waals surface area contributed by atoms with Crippen LogP contribution in [0.4, 0.5) is 5.69 Å². The number of piperidine rings is 1. The Bertz CT molecular complexity index is 1050. The Kier molecular flexibility index (Phi) is 6.05. The first-order valence-corrected chi connectivity index (χ1v) is 11.6. The molecule has 2 amide bonds. The standard InChI is InChI=1S/C25H30N4O4/c30-20(16-29-12-7-17-3-1-2-4-19(17)15-29)14-27-23(31)18-5-6-22-21(13-18)28-24(32)25(33-22)8-10-26-11-9-25/h1-6,13,20,26,30H,7-12,14-16H2,(H,27,31)(H,28,32). The molecular weight excluding hydrogens is 420 g/mol. The van der Waals surface area contributed by atoms with Crippen molar-refractivity contribution in [2.75, 3.05) is 38.0 Å². The zero-order valence-corrected chi connectivity index (χ0v) is 18.6. The molecule has 4 N–H and O–H groups in total. The number of amides is 2. The summed E-state index contributed by atoms with van der Waals surface area (Å²) in [5.41, 5.74) is 2.75. The van der Waals surface area contributed by atoms with Gasteiger partial charge in [0.15, 0.2) is 5.60 Å². The lowest BCUT2D eigenvalue weighted by Crippen LogP contribution is -2.56. The number of ether oxygens (including phenoxy) is 1. The number of β-amino-alcohol motifs (C(OH)–C–C–N with tert-alkyl or cyclic N) is 1. The van der Waals surface area contributed by atoms with Crippen molar-refractivity contribution in [1.82, 2.24) is 15.5 Å². The van der Waals surface area contributed by atoms with Gasteiger partial charge in [0.25, 0.3) is 11.8 Å².